The quantitative estimate of drug-likeness (QED) is 0.666. The van der Waals surface area contributed by atoms with Crippen molar-refractivity contribution in [2.24, 2.45) is 5.73 Å². The number of hydrogen-bond acceptors (Lipinski definition) is 5. The second kappa shape index (κ2) is 6.76. The molecule has 2 atom stereocenters. The van der Waals surface area contributed by atoms with Crippen molar-refractivity contribution in [2.45, 2.75) is 45.2 Å². The van der Waals surface area contributed by atoms with E-state index in [9.17, 15) is 10.1 Å². The van der Waals surface area contributed by atoms with Crippen molar-refractivity contribution in [3.8, 4) is 5.75 Å². The molecule has 1 aliphatic rings. The van der Waals surface area contributed by atoms with E-state index < -0.39 is 0 Å². The van der Waals surface area contributed by atoms with Gasteiger partial charge in [0.15, 0.2) is 0 Å². The third-order valence-electron chi connectivity index (χ3n) is 3.81. The molecule has 6 nitrogen and oxygen atoms in total. The van der Waals surface area contributed by atoms with Gasteiger partial charge in [0, 0.05) is 36.4 Å². The van der Waals surface area contributed by atoms with E-state index in [1.165, 1.54) is 6.07 Å². The summed E-state index contributed by atoms with van der Waals surface area (Å²) >= 11 is 0. The molecular weight excluding hydrogens is 270 g/mol. The predicted octanol–water partition coefficient (Wildman–Crippen LogP) is 2.70. The third kappa shape index (κ3) is 3.85. The Bertz CT molecular complexity index is 507. The fraction of sp³-hybridized carbons (Fsp3) is 0.600. The maximum atomic E-state index is 11.1. The van der Waals surface area contributed by atoms with E-state index in [-0.39, 0.29) is 22.7 Å². The number of nitro benzene ring substituents is 1. The lowest BCUT2D eigenvalue weighted by Gasteiger charge is -2.38. The summed E-state index contributed by atoms with van der Waals surface area (Å²) < 4.78 is 5.58. The lowest BCUT2D eigenvalue weighted by Crippen LogP contribution is -2.45. The molecule has 2 unspecified atom stereocenters. The lowest BCUT2D eigenvalue weighted by molar-refractivity contribution is -0.384. The Kier molecular flexibility index (Phi) is 5.01. The molecule has 0 aromatic heterocycles. The maximum Gasteiger partial charge on any atom is 0.275 e. The fourth-order valence-electron chi connectivity index (χ4n) is 2.73. The van der Waals surface area contributed by atoms with E-state index in [1.807, 2.05) is 13.0 Å². The first-order chi connectivity index (χ1) is 10.0. The molecule has 1 aromatic carbocycles. The molecule has 0 saturated carbocycles. The van der Waals surface area contributed by atoms with E-state index in [1.54, 1.807) is 6.07 Å². The van der Waals surface area contributed by atoms with Crippen LogP contribution in [-0.2, 0) is 0 Å². The van der Waals surface area contributed by atoms with Gasteiger partial charge in [0.05, 0.1) is 17.6 Å². The van der Waals surface area contributed by atoms with Crippen molar-refractivity contribution in [1.82, 2.24) is 0 Å². The van der Waals surface area contributed by atoms with Crippen molar-refractivity contribution < 1.29 is 9.66 Å². The SMILES string of the molecule is CCCOc1cc(N2CCC(N)CC2C)cc([N+](=O)[O-])c1. The summed E-state index contributed by atoms with van der Waals surface area (Å²) in [5.41, 5.74) is 6.89. The summed E-state index contributed by atoms with van der Waals surface area (Å²) in [5.74, 6) is 0.558. The lowest BCUT2D eigenvalue weighted by atomic mass is 9.98. The Morgan fingerprint density at radius 3 is 2.86 bits per heavy atom. The number of benzene rings is 1. The molecular formula is C15H23N3O3. The Balaban J connectivity index is 2.28. The van der Waals surface area contributed by atoms with E-state index in [0.29, 0.717) is 12.4 Å². The number of non-ortho nitro benzene ring substituents is 1. The first kappa shape index (κ1) is 15.6. The number of nitrogens with two attached hydrogens (primary N) is 1. The highest BCUT2D eigenvalue weighted by Crippen LogP contribution is 2.32. The number of ether oxygens (including phenoxy) is 1. The Morgan fingerprint density at radius 1 is 1.48 bits per heavy atom. The molecule has 0 radical (unpaired) electrons. The van der Waals surface area contributed by atoms with Gasteiger partial charge in [0.25, 0.3) is 5.69 Å². The molecule has 1 aliphatic heterocycles. The summed E-state index contributed by atoms with van der Waals surface area (Å²) in [5, 5.41) is 11.1. The summed E-state index contributed by atoms with van der Waals surface area (Å²) in [6.07, 6.45) is 2.67. The molecule has 1 aromatic rings. The largest absolute Gasteiger partial charge is 0.493 e. The molecule has 1 heterocycles. The van der Waals surface area contributed by atoms with Gasteiger partial charge >= 0.3 is 0 Å². The van der Waals surface area contributed by atoms with Gasteiger partial charge in [-0.05, 0) is 26.2 Å². The summed E-state index contributed by atoms with van der Waals surface area (Å²) in [6, 6.07) is 5.47. The van der Waals surface area contributed by atoms with Crippen LogP contribution in [0.4, 0.5) is 11.4 Å². The number of nitro groups is 1. The number of rotatable bonds is 5. The molecule has 0 bridgehead atoms. The summed E-state index contributed by atoms with van der Waals surface area (Å²) in [7, 11) is 0. The molecule has 116 valence electrons. The Labute approximate surface area is 125 Å². The monoisotopic (exact) mass is 293 g/mol. The van der Waals surface area contributed by atoms with Crippen molar-refractivity contribution in [2.75, 3.05) is 18.1 Å². The number of piperidine rings is 1. The van der Waals surface area contributed by atoms with Gasteiger partial charge in [-0.2, -0.15) is 0 Å². The zero-order valence-electron chi connectivity index (χ0n) is 12.6. The van der Waals surface area contributed by atoms with Crippen LogP contribution in [0.25, 0.3) is 0 Å². The zero-order valence-corrected chi connectivity index (χ0v) is 12.6. The molecule has 6 heteroatoms. The van der Waals surface area contributed by atoms with Crippen LogP contribution in [0, 0.1) is 10.1 Å². The van der Waals surface area contributed by atoms with Gasteiger partial charge in [0.1, 0.15) is 5.75 Å². The molecule has 1 saturated heterocycles. The molecule has 21 heavy (non-hydrogen) atoms. The van der Waals surface area contributed by atoms with Crippen LogP contribution >= 0.6 is 0 Å². The van der Waals surface area contributed by atoms with E-state index in [4.69, 9.17) is 10.5 Å². The van der Waals surface area contributed by atoms with Gasteiger partial charge in [-0.1, -0.05) is 6.92 Å². The van der Waals surface area contributed by atoms with Crippen LogP contribution in [0.15, 0.2) is 18.2 Å². The van der Waals surface area contributed by atoms with E-state index in [2.05, 4.69) is 11.8 Å². The van der Waals surface area contributed by atoms with Crippen molar-refractivity contribution >= 4 is 11.4 Å². The third-order valence-corrected chi connectivity index (χ3v) is 3.81. The highest BCUT2D eigenvalue weighted by molar-refractivity contribution is 5.58. The first-order valence-corrected chi connectivity index (χ1v) is 7.45. The number of nitrogens with zero attached hydrogens (tertiary/aromatic N) is 2. The van der Waals surface area contributed by atoms with Crippen LogP contribution in [0.1, 0.15) is 33.1 Å². The van der Waals surface area contributed by atoms with Crippen molar-refractivity contribution in [1.29, 1.82) is 0 Å². The average molecular weight is 293 g/mol. The molecule has 1 fully saturated rings. The highest BCUT2D eigenvalue weighted by atomic mass is 16.6. The molecule has 2 rings (SSSR count). The van der Waals surface area contributed by atoms with Crippen LogP contribution in [0.5, 0.6) is 5.75 Å². The second-order valence-corrected chi connectivity index (χ2v) is 5.62. The van der Waals surface area contributed by atoms with Gasteiger partial charge < -0.3 is 15.4 Å². The average Bonchev–Trinajstić information content (AvgIpc) is 2.44. The fourth-order valence-corrected chi connectivity index (χ4v) is 2.73. The molecule has 0 spiro atoms. The first-order valence-electron chi connectivity index (χ1n) is 7.45. The smallest absolute Gasteiger partial charge is 0.275 e. The molecule has 2 N–H and O–H groups in total. The zero-order chi connectivity index (χ0) is 15.4. The topological polar surface area (TPSA) is 81.6 Å². The van der Waals surface area contributed by atoms with Crippen molar-refractivity contribution in [3.05, 3.63) is 28.3 Å². The van der Waals surface area contributed by atoms with Gasteiger partial charge in [0.2, 0.25) is 0 Å². The van der Waals surface area contributed by atoms with Crippen molar-refractivity contribution in [3.63, 3.8) is 0 Å². The Morgan fingerprint density at radius 2 is 2.24 bits per heavy atom. The minimum absolute atomic E-state index is 0.0701. The number of anilines is 1. The molecule has 0 amide bonds. The maximum absolute atomic E-state index is 11.1. The van der Waals surface area contributed by atoms with E-state index in [0.717, 1.165) is 31.5 Å². The van der Waals surface area contributed by atoms with Gasteiger partial charge in [-0.3, -0.25) is 10.1 Å². The summed E-state index contributed by atoms with van der Waals surface area (Å²) in [6.45, 7) is 5.48. The van der Waals surface area contributed by atoms with E-state index >= 15 is 0 Å². The van der Waals surface area contributed by atoms with Crippen LogP contribution < -0.4 is 15.4 Å². The molecule has 0 aliphatic carbocycles. The highest BCUT2D eigenvalue weighted by Gasteiger charge is 2.25. The van der Waals surface area contributed by atoms with Gasteiger partial charge in [-0.15, -0.1) is 0 Å². The van der Waals surface area contributed by atoms with Crippen LogP contribution in [0.3, 0.4) is 0 Å². The minimum atomic E-state index is -0.372. The predicted molar refractivity (Wildman–Crippen MR) is 82.9 cm³/mol. The normalized spacial score (nSPS) is 22.1. The van der Waals surface area contributed by atoms with Crippen LogP contribution in [-0.4, -0.2) is 30.2 Å². The van der Waals surface area contributed by atoms with Gasteiger partial charge in [-0.25, -0.2) is 0 Å². The number of hydrogen-bond donors (Lipinski definition) is 1. The standard InChI is InChI=1S/C15H23N3O3/c1-3-6-21-15-9-13(8-14(10-15)18(19)20)17-5-4-12(16)7-11(17)2/h8-12H,3-7,16H2,1-2H3. The van der Waals surface area contributed by atoms with Crippen LogP contribution in [0.2, 0.25) is 0 Å². The summed E-state index contributed by atoms with van der Waals surface area (Å²) in [4.78, 5) is 12.9. The second-order valence-electron chi connectivity index (χ2n) is 5.62. The minimum Gasteiger partial charge on any atom is -0.493 e. The Hall–Kier alpha value is -1.82.